The van der Waals surface area contributed by atoms with E-state index in [4.69, 9.17) is 4.74 Å². The second-order valence-electron chi connectivity index (χ2n) is 3.35. The molecular weight excluding hydrogens is 186 g/mol. The zero-order valence-electron chi connectivity index (χ0n) is 9.55. The van der Waals surface area contributed by atoms with Crippen molar-refractivity contribution in [3.05, 3.63) is 29.3 Å². The number of hydrogen-bond acceptors (Lipinski definition) is 2. The summed E-state index contributed by atoms with van der Waals surface area (Å²) >= 11 is 0. The van der Waals surface area contributed by atoms with Gasteiger partial charge in [0, 0.05) is 12.1 Å². The Bertz CT molecular complexity index is 374. The Kier molecular flexibility index (Phi) is 4.73. The van der Waals surface area contributed by atoms with Gasteiger partial charge in [-0.15, -0.1) is 5.92 Å². The quantitative estimate of drug-likeness (QED) is 0.598. The normalized spacial score (nSPS) is 9.27. The van der Waals surface area contributed by atoms with E-state index >= 15 is 0 Å². The summed E-state index contributed by atoms with van der Waals surface area (Å²) in [6, 6.07) is 6.18. The predicted molar refractivity (Wildman–Crippen MR) is 62.9 cm³/mol. The molecule has 80 valence electrons. The molecule has 0 aliphatic heterocycles. The summed E-state index contributed by atoms with van der Waals surface area (Å²) in [5, 5.41) is 3.25. The lowest BCUT2D eigenvalue weighted by molar-refractivity contribution is 0.408. The van der Waals surface area contributed by atoms with Crippen LogP contribution < -0.4 is 10.1 Å². The first-order chi connectivity index (χ1) is 7.27. The van der Waals surface area contributed by atoms with E-state index in [-0.39, 0.29) is 0 Å². The monoisotopic (exact) mass is 203 g/mol. The Morgan fingerprint density at radius 2 is 2.20 bits per heavy atom. The van der Waals surface area contributed by atoms with Crippen LogP contribution in [0.25, 0.3) is 0 Å². The van der Waals surface area contributed by atoms with Crippen LogP contribution in [0.4, 0.5) is 0 Å². The van der Waals surface area contributed by atoms with Gasteiger partial charge in [0.2, 0.25) is 0 Å². The standard InChI is InChI=1S/C13H17NO/c1-4-5-8-14-10-12-9-11(2)6-7-13(12)15-3/h6-7,9,14H,8,10H2,1-3H3. The maximum Gasteiger partial charge on any atom is 0.123 e. The summed E-state index contributed by atoms with van der Waals surface area (Å²) in [5.41, 5.74) is 2.42. The van der Waals surface area contributed by atoms with Crippen molar-refractivity contribution in [2.75, 3.05) is 13.7 Å². The van der Waals surface area contributed by atoms with E-state index in [0.29, 0.717) is 6.54 Å². The summed E-state index contributed by atoms with van der Waals surface area (Å²) in [7, 11) is 1.69. The molecule has 0 bridgehead atoms. The molecule has 1 aromatic carbocycles. The zero-order chi connectivity index (χ0) is 11.1. The molecule has 2 heteroatoms. The Balaban J connectivity index is 2.64. The molecular formula is C13H17NO. The van der Waals surface area contributed by atoms with Gasteiger partial charge in [0.1, 0.15) is 5.75 Å². The number of aryl methyl sites for hydroxylation is 1. The average Bonchev–Trinajstić information content (AvgIpc) is 2.25. The second-order valence-corrected chi connectivity index (χ2v) is 3.35. The molecule has 0 atom stereocenters. The van der Waals surface area contributed by atoms with E-state index in [1.807, 2.05) is 19.1 Å². The molecule has 0 saturated carbocycles. The van der Waals surface area contributed by atoms with Gasteiger partial charge in [-0.1, -0.05) is 23.6 Å². The predicted octanol–water partition coefficient (Wildman–Crippen LogP) is 2.12. The van der Waals surface area contributed by atoms with Crippen LogP contribution in [0.5, 0.6) is 5.75 Å². The molecule has 0 heterocycles. The average molecular weight is 203 g/mol. The summed E-state index contributed by atoms with van der Waals surface area (Å²) in [4.78, 5) is 0. The minimum Gasteiger partial charge on any atom is -0.496 e. The van der Waals surface area contributed by atoms with E-state index in [1.165, 1.54) is 11.1 Å². The zero-order valence-corrected chi connectivity index (χ0v) is 9.55. The van der Waals surface area contributed by atoms with Gasteiger partial charge in [0.25, 0.3) is 0 Å². The maximum absolute atomic E-state index is 5.28. The van der Waals surface area contributed by atoms with Crippen LogP contribution in [0.2, 0.25) is 0 Å². The SMILES string of the molecule is CC#CCNCc1cc(C)ccc1OC. The van der Waals surface area contributed by atoms with Crippen molar-refractivity contribution in [3.8, 4) is 17.6 Å². The third-order valence-corrected chi connectivity index (χ3v) is 2.14. The van der Waals surface area contributed by atoms with Gasteiger partial charge in [-0.3, -0.25) is 0 Å². The van der Waals surface area contributed by atoms with Crippen LogP contribution in [0.3, 0.4) is 0 Å². The van der Waals surface area contributed by atoms with Gasteiger partial charge < -0.3 is 10.1 Å². The number of rotatable bonds is 4. The van der Waals surface area contributed by atoms with Gasteiger partial charge >= 0.3 is 0 Å². The van der Waals surface area contributed by atoms with E-state index < -0.39 is 0 Å². The van der Waals surface area contributed by atoms with E-state index in [2.05, 4.69) is 30.1 Å². The Hall–Kier alpha value is -1.46. The van der Waals surface area contributed by atoms with Crippen molar-refractivity contribution in [2.24, 2.45) is 0 Å². The molecule has 0 spiro atoms. The van der Waals surface area contributed by atoms with Crippen LogP contribution in [0.15, 0.2) is 18.2 Å². The Labute approximate surface area is 91.6 Å². The summed E-state index contributed by atoms with van der Waals surface area (Å²) in [6.07, 6.45) is 0. The van der Waals surface area contributed by atoms with Crippen molar-refractivity contribution in [3.63, 3.8) is 0 Å². The van der Waals surface area contributed by atoms with E-state index in [0.717, 1.165) is 12.3 Å². The molecule has 0 radical (unpaired) electrons. The molecule has 1 N–H and O–H groups in total. The van der Waals surface area contributed by atoms with E-state index in [9.17, 15) is 0 Å². The number of hydrogen-bond donors (Lipinski definition) is 1. The first kappa shape index (κ1) is 11.6. The highest BCUT2D eigenvalue weighted by atomic mass is 16.5. The smallest absolute Gasteiger partial charge is 0.123 e. The van der Waals surface area contributed by atoms with Crippen molar-refractivity contribution in [2.45, 2.75) is 20.4 Å². The van der Waals surface area contributed by atoms with Gasteiger partial charge in [-0.2, -0.15) is 0 Å². The Morgan fingerprint density at radius 3 is 2.87 bits per heavy atom. The fourth-order valence-electron chi connectivity index (χ4n) is 1.39. The first-order valence-electron chi connectivity index (χ1n) is 5.01. The molecule has 1 aromatic rings. The van der Waals surface area contributed by atoms with Crippen LogP contribution >= 0.6 is 0 Å². The molecule has 0 unspecified atom stereocenters. The lowest BCUT2D eigenvalue weighted by Gasteiger charge is -2.09. The summed E-state index contributed by atoms with van der Waals surface area (Å²) < 4.78 is 5.28. The summed E-state index contributed by atoms with van der Waals surface area (Å²) in [5.74, 6) is 6.75. The topological polar surface area (TPSA) is 21.3 Å². The Morgan fingerprint density at radius 1 is 1.40 bits per heavy atom. The number of methoxy groups -OCH3 is 1. The summed E-state index contributed by atoms with van der Waals surface area (Å²) in [6.45, 7) is 5.43. The van der Waals surface area contributed by atoms with Crippen LogP contribution in [-0.2, 0) is 6.54 Å². The molecule has 0 aliphatic rings. The van der Waals surface area contributed by atoms with Crippen molar-refractivity contribution in [1.29, 1.82) is 0 Å². The largest absolute Gasteiger partial charge is 0.496 e. The lowest BCUT2D eigenvalue weighted by atomic mass is 10.1. The highest BCUT2D eigenvalue weighted by molar-refractivity contribution is 5.36. The van der Waals surface area contributed by atoms with Gasteiger partial charge in [0.15, 0.2) is 0 Å². The van der Waals surface area contributed by atoms with Gasteiger partial charge in [-0.05, 0) is 19.9 Å². The highest BCUT2D eigenvalue weighted by Crippen LogP contribution is 2.18. The molecule has 0 fully saturated rings. The number of ether oxygens (including phenoxy) is 1. The van der Waals surface area contributed by atoms with Crippen molar-refractivity contribution >= 4 is 0 Å². The van der Waals surface area contributed by atoms with Gasteiger partial charge in [0.05, 0.1) is 13.7 Å². The van der Waals surface area contributed by atoms with E-state index in [1.54, 1.807) is 7.11 Å². The van der Waals surface area contributed by atoms with Crippen molar-refractivity contribution in [1.82, 2.24) is 5.32 Å². The van der Waals surface area contributed by atoms with Crippen LogP contribution in [-0.4, -0.2) is 13.7 Å². The third kappa shape index (κ3) is 3.65. The fraction of sp³-hybridized carbons (Fsp3) is 0.385. The molecule has 1 rings (SSSR count). The second kappa shape index (κ2) is 6.10. The van der Waals surface area contributed by atoms with Gasteiger partial charge in [-0.25, -0.2) is 0 Å². The highest BCUT2D eigenvalue weighted by Gasteiger charge is 2.01. The molecule has 0 aliphatic carbocycles. The number of nitrogens with one attached hydrogen (secondary N) is 1. The van der Waals surface area contributed by atoms with Crippen molar-refractivity contribution < 1.29 is 4.74 Å². The third-order valence-electron chi connectivity index (χ3n) is 2.14. The minimum absolute atomic E-state index is 0.716. The minimum atomic E-state index is 0.716. The molecule has 15 heavy (non-hydrogen) atoms. The fourth-order valence-corrected chi connectivity index (χ4v) is 1.39. The molecule has 0 amide bonds. The van der Waals surface area contributed by atoms with Crippen LogP contribution in [0.1, 0.15) is 18.1 Å². The van der Waals surface area contributed by atoms with Crippen LogP contribution in [0, 0.1) is 18.8 Å². The first-order valence-corrected chi connectivity index (χ1v) is 5.01. The molecule has 0 saturated heterocycles. The maximum atomic E-state index is 5.28. The number of benzene rings is 1. The molecule has 0 aromatic heterocycles. The molecule has 2 nitrogen and oxygen atoms in total. The lowest BCUT2D eigenvalue weighted by Crippen LogP contribution is -2.14.